The fraction of sp³-hybridized carbons (Fsp3) is 0.250. The van der Waals surface area contributed by atoms with Gasteiger partial charge in [-0.15, -0.1) is 0 Å². The second-order valence-corrected chi connectivity index (χ2v) is 9.20. The minimum Gasteiger partial charge on any atom is -0.337 e. The number of piperazine rings is 1. The Bertz CT molecular complexity index is 970. The fourth-order valence-electron chi connectivity index (χ4n) is 2.98. The molecular formula is C20H20Cl2N2O3S. The standard InChI is InChI=1S/C20H20Cl2N2O3S/c21-18-8-4-7-17(20(18)22)9-10-19(25)23-11-13-24(14-12-23)28(26,27)15-16-5-2-1-3-6-16/h1-10H,11-15H2. The quantitative estimate of drug-likeness (QED) is 0.668. The number of halogens is 2. The van der Waals surface area contributed by atoms with Crippen LogP contribution in [-0.2, 0) is 20.6 Å². The Hall–Kier alpha value is -1.86. The summed E-state index contributed by atoms with van der Waals surface area (Å²) in [7, 11) is -3.41. The average molecular weight is 439 g/mol. The molecule has 0 bridgehead atoms. The molecule has 0 aromatic heterocycles. The topological polar surface area (TPSA) is 57.7 Å². The van der Waals surface area contributed by atoms with Crippen molar-refractivity contribution >= 4 is 45.2 Å². The second kappa shape index (κ2) is 9.09. The van der Waals surface area contributed by atoms with E-state index < -0.39 is 10.0 Å². The molecule has 0 N–H and O–H groups in total. The first-order valence-corrected chi connectivity index (χ1v) is 11.2. The van der Waals surface area contributed by atoms with Crippen molar-refractivity contribution < 1.29 is 13.2 Å². The Balaban J connectivity index is 1.58. The minimum absolute atomic E-state index is 0.0328. The van der Waals surface area contributed by atoms with Gasteiger partial charge >= 0.3 is 0 Å². The van der Waals surface area contributed by atoms with Crippen LogP contribution < -0.4 is 0 Å². The lowest BCUT2D eigenvalue weighted by molar-refractivity contribution is -0.127. The zero-order valence-electron chi connectivity index (χ0n) is 15.1. The van der Waals surface area contributed by atoms with Crippen LogP contribution in [0.1, 0.15) is 11.1 Å². The van der Waals surface area contributed by atoms with E-state index >= 15 is 0 Å². The normalized spacial score (nSPS) is 15.9. The van der Waals surface area contributed by atoms with E-state index in [-0.39, 0.29) is 24.7 Å². The Morgan fingerprint density at radius 2 is 1.64 bits per heavy atom. The van der Waals surface area contributed by atoms with Crippen LogP contribution >= 0.6 is 23.2 Å². The number of nitrogens with zero attached hydrogens (tertiary/aromatic N) is 2. The molecule has 1 aliphatic rings. The van der Waals surface area contributed by atoms with Crippen molar-refractivity contribution in [2.75, 3.05) is 26.2 Å². The lowest BCUT2D eigenvalue weighted by Gasteiger charge is -2.33. The second-order valence-electron chi connectivity index (χ2n) is 6.44. The van der Waals surface area contributed by atoms with Crippen LogP contribution in [0.4, 0.5) is 0 Å². The van der Waals surface area contributed by atoms with Gasteiger partial charge in [0, 0.05) is 32.3 Å². The summed E-state index contributed by atoms with van der Waals surface area (Å²) in [5.74, 6) is -0.217. The van der Waals surface area contributed by atoms with E-state index in [0.717, 1.165) is 5.56 Å². The van der Waals surface area contributed by atoms with Crippen molar-refractivity contribution in [3.05, 3.63) is 75.8 Å². The molecule has 5 nitrogen and oxygen atoms in total. The van der Waals surface area contributed by atoms with E-state index in [1.54, 1.807) is 41.3 Å². The molecule has 1 amide bonds. The fourth-order valence-corrected chi connectivity index (χ4v) is 4.87. The number of sulfonamides is 1. The molecule has 0 spiro atoms. The minimum atomic E-state index is -3.41. The van der Waals surface area contributed by atoms with Gasteiger partial charge in [0.05, 0.1) is 15.8 Å². The first-order chi connectivity index (χ1) is 13.4. The lowest BCUT2D eigenvalue weighted by Crippen LogP contribution is -2.50. The third-order valence-corrected chi connectivity index (χ3v) is 7.21. The van der Waals surface area contributed by atoms with Crippen LogP contribution in [0.5, 0.6) is 0 Å². The first-order valence-electron chi connectivity index (χ1n) is 8.79. The maximum absolute atomic E-state index is 12.6. The highest BCUT2D eigenvalue weighted by atomic mass is 35.5. The van der Waals surface area contributed by atoms with Crippen LogP contribution in [0.3, 0.4) is 0 Å². The highest BCUT2D eigenvalue weighted by molar-refractivity contribution is 7.88. The Morgan fingerprint density at radius 1 is 0.964 bits per heavy atom. The van der Waals surface area contributed by atoms with Gasteiger partial charge in [-0.25, -0.2) is 8.42 Å². The summed E-state index contributed by atoms with van der Waals surface area (Å²) >= 11 is 12.1. The molecule has 1 heterocycles. The number of hydrogen-bond donors (Lipinski definition) is 0. The smallest absolute Gasteiger partial charge is 0.246 e. The van der Waals surface area contributed by atoms with Gasteiger partial charge in [0.1, 0.15) is 0 Å². The highest BCUT2D eigenvalue weighted by Crippen LogP contribution is 2.26. The molecule has 0 aliphatic carbocycles. The molecule has 1 fully saturated rings. The van der Waals surface area contributed by atoms with Gasteiger partial charge < -0.3 is 4.90 Å². The molecule has 3 rings (SSSR count). The molecule has 2 aromatic rings. The summed E-state index contributed by atoms with van der Waals surface area (Å²) in [5.41, 5.74) is 1.41. The van der Waals surface area contributed by atoms with Gasteiger partial charge in [-0.3, -0.25) is 4.79 Å². The molecule has 28 heavy (non-hydrogen) atoms. The molecule has 0 saturated carbocycles. The number of carbonyl (C=O) groups is 1. The SMILES string of the molecule is O=C(C=Cc1cccc(Cl)c1Cl)N1CCN(S(=O)(=O)Cc2ccccc2)CC1. The molecule has 0 unspecified atom stereocenters. The van der Waals surface area contributed by atoms with Crippen molar-refractivity contribution in [1.29, 1.82) is 0 Å². The summed E-state index contributed by atoms with van der Waals surface area (Å²) in [4.78, 5) is 14.0. The predicted molar refractivity (Wildman–Crippen MR) is 113 cm³/mol. The van der Waals surface area contributed by atoms with Crippen LogP contribution in [0.15, 0.2) is 54.6 Å². The number of hydrogen-bond acceptors (Lipinski definition) is 3. The van der Waals surface area contributed by atoms with Gasteiger partial charge in [0.15, 0.2) is 0 Å². The first kappa shape index (κ1) is 20.9. The zero-order chi connectivity index (χ0) is 20.1. The lowest BCUT2D eigenvalue weighted by atomic mass is 10.2. The summed E-state index contributed by atoms with van der Waals surface area (Å²) in [6, 6.07) is 14.3. The molecule has 0 atom stereocenters. The van der Waals surface area contributed by atoms with E-state index in [4.69, 9.17) is 23.2 Å². The zero-order valence-corrected chi connectivity index (χ0v) is 17.4. The maximum Gasteiger partial charge on any atom is 0.246 e. The van der Waals surface area contributed by atoms with Gasteiger partial charge in [-0.05, 0) is 23.3 Å². The van der Waals surface area contributed by atoms with Crippen molar-refractivity contribution in [3.63, 3.8) is 0 Å². The third kappa shape index (κ3) is 5.14. The van der Waals surface area contributed by atoms with Crippen molar-refractivity contribution in [2.24, 2.45) is 0 Å². The van der Waals surface area contributed by atoms with Crippen LogP contribution in [0, 0.1) is 0 Å². The molecule has 148 valence electrons. The Morgan fingerprint density at radius 3 is 2.32 bits per heavy atom. The van der Waals surface area contributed by atoms with Crippen molar-refractivity contribution in [3.8, 4) is 0 Å². The number of carbonyl (C=O) groups excluding carboxylic acids is 1. The van der Waals surface area contributed by atoms with E-state index in [2.05, 4.69) is 0 Å². The van der Waals surface area contributed by atoms with E-state index in [1.807, 2.05) is 18.2 Å². The Labute approximate surface area is 175 Å². The third-order valence-electron chi connectivity index (χ3n) is 4.52. The summed E-state index contributed by atoms with van der Waals surface area (Å²) in [6.07, 6.45) is 3.06. The predicted octanol–water partition coefficient (Wildman–Crippen LogP) is 3.68. The number of benzene rings is 2. The summed E-state index contributed by atoms with van der Waals surface area (Å²) in [5, 5.41) is 0.818. The molecule has 1 saturated heterocycles. The number of rotatable bonds is 5. The largest absolute Gasteiger partial charge is 0.337 e. The average Bonchev–Trinajstić information content (AvgIpc) is 2.69. The molecule has 1 aliphatic heterocycles. The Kier molecular flexibility index (Phi) is 6.78. The monoisotopic (exact) mass is 438 g/mol. The van der Waals surface area contributed by atoms with E-state index in [0.29, 0.717) is 28.7 Å². The molecule has 0 radical (unpaired) electrons. The van der Waals surface area contributed by atoms with Gasteiger partial charge in [0.25, 0.3) is 0 Å². The molecule has 8 heteroatoms. The molecular weight excluding hydrogens is 419 g/mol. The summed E-state index contributed by atoms with van der Waals surface area (Å²) in [6.45, 7) is 1.26. The maximum atomic E-state index is 12.6. The summed E-state index contributed by atoms with van der Waals surface area (Å²) < 4.78 is 26.6. The number of amides is 1. The van der Waals surface area contributed by atoms with E-state index in [9.17, 15) is 13.2 Å². The highest BCUT2D eigenvalue weighted by Gasteiger charge is 2.28. The van der Waals surface area contributed by atoms with Crippen molar-refractivity contribution in [2.45, 2.75) is 5.75 Å². The molecule has 2 aromatic carbocycles. The van der Waals surface area contributed by atoms with Crippen LogP contribution in [-0.4, -0.2) is 49.7 Å². The van der Waals surface area contributed by atoms with Gasteiger partial charge in [0.2, 0.25) is 15.9 Å². The van der Waals surface area contributed by atoms with Gasteiger partial charge in [-0.1, -0.05) is 65.7 Å². The van der Waals surface area contributed by atoms with Crippen LogP contribution in [0.2, 0.25) is 10.0 Å². The van der Waals surface area contributed by atoms with Crippen LogP contribution in [0.25, 0.3) is 6.08 Å². The van der Waals surface area contributed by atoms with Gasteiger partial charge in [-0.2, -0.15) is 4.31 Å². The van der Waals surface area contributed by atoms with Crippen molar-refractivity contribution in [1.82, 2.24) is 9.21 Å². The van der Waals surface area contributed by atoms with E-state index in [1.165, 1.54) is 10.4 Å².